The van der Waals surface area contributed by atoms with Gasteiger partial charge in [0.15, 0.2) is 0 Å². The zero-order chi connectivity index (χ0) is 18.6. The largest absolute Gasteiger partial charge is 0.459 e. The zero-order valence-corrected chi connectivity index (χ0v) is 14.4. The van der Waals surface area contributed by atoms with Crippen LogP contribution in [-0.4, -0.2) is 47.4 Å². The Kier molecular flexibility index (Phi) is 6.30. The summed E-state index contributed by atoms with van der Waals surface area (Å²) in [4.78, 5) is 24.8. The lowest BCUT2D eigenvalue weighted by Crippen LogP contribution is -2.49. The first-order valence-electron chi connectivity index (χ1n) is 7.74. The van der Waals surface area contributed by atoms with Crippen LogP contribution in [0.5, 0.6) is 0 Å². The minimum absolute atomic E-state index is 0.0474. The molecule has 1 amide bonds. The van der Waals surface area contributed by atoms with E-state index in [1.165, 1.54) is 11.8 Å². The second-order valence-electron chi connectivity index (χ2n) is 6.89. The maximum Gasteiger partial charge on any atom is 0.410 e. The summed E-state index contributed by atoms with van der Waals surface area (Å²) in [5.74, 6) is -0.555. The Bertz CT molecular complexity index is 487. The summed E-state index contributed by atoms with van der Waals surface area (Å²) >= 11 is 0. The van der Waals surface area contributed by atoms with Gasteiger partial charge < -0.3 is 14.4 Å². The number of halogens is 3. The highest BCUT2D eigenvalue weighted by atomic mass is 19.4. The molecule has 1 rings (SSSR count). The van der Waals surface area contributed by atoms with E-state index in [4.69, 9.17) is 9.47 Å². The molecule has 138 valence electrons. The van der Waals surface area contributed by atoms with Gasteiger partial charge in [0.2, 0.25) is 0 Å². The number of carbonyl (C=O) groups excluding carboxylic acids is 2. The molecule has 0 aliphatic carbocycles. The monoisotopic (exact) mass is 351 g/mol. The van der Waals surface area contributed by atoms with Gasteiger partial charge in [-0.25, -0.2) is 4.79 Å². The first kappa shape index (κ1) is 20.3. The standard InChI is InChI=1S/C16H24F3NO4/c1-12(21)23-15(6-5-7-16(17,18)19)8-10-20(11-9-15)13(22)24-14(2,3)4/h5,7H,6,8-11H2,1-4H3. The average Bonchev–Trinajstić information content (AvgIpc) is 2.34. The highest BCUT2D eigenvalue weighted by molar-refractivity contribution is 5.68. The number of carbonyl (C=O) groups is 2. The highest BCUT2D eigenvalue weighted by Crippen LogP contribution is 2.32. The number of amides is 1. The van der Waals surface area contributed by atoms with Crippen molar-refractivity contribution < 1.29 is 32.2 Å². The number of rotatable bonds is 3. The van der Waals surface area contributed by atoms with Crippen LogP contribution < -0.4 is 0 Å². The van der Waals surface area contributed by atoms with Crippen LogP contribution in [0.4, 0.5) is 18.0 Å². The van der Waals surface area contributed by atoms with Crippen LogP contribution in [0.15, 0.2) is 12.2 Å². The quantitative estimate of drug-likeness (QED) is 0.573. The minimum atomic E-state index is -4.41. The molecule has 0 spiro atoms. The summed E-state index contributed by atoms with van der Waals surface area (Å²) in [7, 11) is 0. The van der Waals surface area contributed by atoms with Gasteiger partial charge in [0, 0.05) is 45.4 Å². The Labute approximate surface area is 139 Å². The molecule has 1 aliphatic heterocycles. The smallest absolute Gasteiger partial charge is 0.410 e. The van der Waals surface area contributed by atoms with E-state index < -0.39 is 29.4 Å². The third kappa shape index (κ3) is 7.23. The van der Waals surface area contributed by atoms with Crippen molar-refractivity contribution in [3.63, 3.8) is 0 Å². The number of alkyl halides is 3. The summed E-state index contributed by atoms with van der Waals surface area (Å²) < 4.78 is 47.3. The van der Waals surface area contributed by atoms with Crippen LogP contribution in [0, 0.1) is 0 Å². The fourth-order valence-corrected chi connectivity index (χ4v) is 2.48. The molecule has 5 nitrogen and oxygen atoms in total. The van der Waals surface area contributed by atoms with Crippen molar-refractivity contribution >= 4 is 12.1 Å². The third-order valence-corrected chi connectivity index (χ3v) is 3.48. The van der Waals surface area contributed by atoms with Crippen molar-refractivity contribution in [3.8, 4) is 0 Å². The molecule has 0 saturated carbocycles. The molecule has 0 radical (unpaired) electrons. The van der Waals surface area contributed by atoms with Gasteiger partial charge in [-0.1, -0.05) is 6.08 Å². The maximum absolute atomic E-state index is 12.3. The fourth-order valence-electron chi connectivity index (χ4n) is 2.48. The van der Waals surface area contributed by atoms with Gasteiger partial charge in [0.1, 0.15) is 11.2 Å². The van der Waals surface area contributed by atoms with Gasteiger partial charge in [-0.05, 0) is 20.8 Å². The SMILES string of the molecule is CC(=O)OC1(CC=CC(F)(F)F)CCN(C(=O)OC(C)(C)C)CC1. The molecule has 1 saturated heterocycles. The molecule has 0 N–H and O–H groups in total. The van der Waals surface area contributed by atoms with E-state index in [9.17, 15) is 22.8 Å². The van der Waals surface area contributed by atoms with Crippen LogP contribution in [0.1, 0.15) is 47.0 Å². The van der Waals surface area contributed by atoms with Gasteiger partial charge >= 0.3 is 18.2 Å². The Balaban J connectivity index is 2.72. The van der Waals surface area contributed by atoms with Crippen LogP contribution in [0.2, 0.25) is 0 Å². The normalized spacial score (nSPS) is 18.5. The number of ether oxygens (including phenoxy) is 2. The Morgan fingerprint density at radius 2 is 1.71 bits per heavy atom. The van der Waals surface area contributed by atoms with Crippen LogP contribution in [0.25, 0.3) is 0 Å². The molecule has 0 aromatic carbocycles. The van der Waals surface area contributed by atoms with Gasteiger partial charge in [0.05, 0.1) is 0 Å². The number of allylic oxidation sites excluding steroid dienone is 1. The van der Waals surface area contributed by atoms with E-state index in [-0.39, 0.29) is 38.4 Å². The molecule has 0 aromatic heterocycles. The first-order chi connectivity index (χ1) is 10.8. The van der Waals surface area contributed by atoms with Crippen molar-refractivity contribution in [1.82, 2.24) is 4.90 Å². The highest BCUT2D eigenvalue weighted by Gasteiger charge is 2.39. The summed E-state index contributed by atoms with van der Waals surface area (Å²) in [5.41, 5.74) is -1.65. The average molecular weight is 351 g/mol. The van der Waals surface area contributed by atoms with Crippen molar-refractivity contribution in [1.29, 1.82) is 0 Å². The molecule has 0 atom stereocenters. The number of piperidine rings is 1. The molecule has 0 unspecified atom stereocenters. The molecule has 1 aliphatic rings. The van der Waals surface area contributed by atoms with Crippen LogP contribution >= 0.6 is 0 Å². The predicted octanol–water partition coefficient (Wildman–Crippen LogP) is 3.83. The molecule has 24 heavy (non-hydrogen) atoms. The summed E-state index contributed by atoms with van der Waals surface area (Å²) in [6.45, 7) is 6.97. The molecular weight excluding hydrogens is 327 g/mol. The van der Waals surface area contributed by atoms with Crippen LogP contribution in [-0.2, 0) is 14.3 Å². The second kappa shape index (κ2) is 7.44. The molecule has 1 fully saturated rings. The van der Waals surface area contributed by atoms with Crippen molar-refractivity contribution in [3.05, 3.63) is 12.2 Å². The van der Waals surface area contributed by atoms with Gasteiger partial charge in [-0.3, -0.25) is 4.79 Å². The Hall–Kier alpha value is -1.73. The first-order valence-corrected chi connectivity index (χ1v) is 7.74. The van der Waals surface area contributed by atoms with E-state index in [1.54, 1.807) is 20.8 Å². The van der Waals surface area contributed by atoms with E-state index in [2.05, 4.69) is 0 Å². The van der Waals surface area contributed by atoms with Gasteiger partial charge in [-0.2, -0.15) is 13.2 Å². The second-order valence-corrected chi connectivity index (χ2v) is 6.89. The number of esters is 1. The van der Waals surface area contributed by atoms with Gasteiger partial charge in [-0.15, -0.1) is 0 Å². The molecule has 0 bridgehead atoms. The number of nitrogens with zero attached hydrogens (tertiary/aromatic N) is 1. The van der Waals surface area contributed by atoms with Gasteiger partial charge in [0.25, 0.3) is 0 Å². The Morgan fingerprint density at radius 1 is 1.17 bits per heavy atom. The lowest BCUT2D eigenvalue weighted by molar-refractivity contribution is -0.161. The zero-order valence-electron chi connectivity index (χ0n) is 14.4. The maximum atomic E-state index is 12.3. The molecular formula is C16H24F3NO4. The van der Waals surface area contributed by atoms with E-state index in [1.807, 2.05) is 0 Å². The number of likely N-dealkylation sites (tertiary alicyclic amines) is 1. The fraction of sp³-hybridized carbons (Fsp3) is 0.750. The van der Waals surface area contributed by atoms with Crippen LogP contribution in [0.3, 0.4) is 0 Å². The third-order valence-electron chi connectivity index (χ3n) is 3.48. The lowest BCUT2D eigenvalue weighted by Gasteiger charge is -2.40. The number of hydrogen-bond acceptors (Lipinski definition) is 4. The topological polar surface area (TPSA) is 55.8 Å². The predicted molar refractivity (Wildman–Crippen MR) is 81.4 cm³/mol. The molecule has 0 aromatic rings. The summed E-state index contributed by atoms with van der Waals surface area (Å²) in [5, 5.41) is 0. The lowest BCUT2D eigenvalue weighted by atomic mass is 9.87. The van der Waals surface area contributed by atoms with Crippen molar-refractivity contribution in [2.24, 2.45) is 0 Å². The summed E-state index contributed by atoms with van der Waals surface area (Å²) in [6.07, 6.45) is -3.32. The number of hydrogen-bond donors (Lipinski definition) is 0. The minimum Gasteiger partial charge on any atom is -0.459 e. The van der Waals surface area contributed by atoms with E-state index in [0.717, 1.165) is 6.08 Å². The molecule has 8 heteroatoms. The van der Waals surface area contributed by atoms with E-state index >= 15 is 0 Å². The van der Waals surface area contributed by atoms with E-state index in [0.29, 0.717) is 0 Å². The molecule has 1 heterocycles. The summed E-state index contributed by atoms with van der Waals surface area (Å²) in [6, 6.07) is 0. The van der Waals surface area contributed by atoms with Crippen molar-refractivity contribution in [2.45, 2.75) is 64.3 Å². The Morgan fingerprint density at radius 3 is 2.12 bits per heavy atom. The van der Waals surface area contributed by atoms with Crippen molar-refractivity contribution in [2.75, 3.05) is 13.1 Å².